The second-order valence-corrected chi connectivity index (χ2v) is 4.97. The number of aromatic nitrogens is 1. The molecule has 0 bridgehead atoms. The molecule has 0 aliphatic carbocycles. The number of fused-ring (bicyclic) bond motifs is 1. The Hall–Kier alpha value is -2.88. The summed E-state index contributed by atoms with van der Waals surface area (Å²) in [5, 5.41) is 4.31. The normalized spacial score (nSPS) is 10.4. The van der Waals surface area contributed by atoms with E-state index in [9.17, 15) is 4.79 Å². The summed E-state index contributed by atoms with van der Waals surface area (Å²) in [6.07, 6.45) is 0. The van der Waals surface area contributed by atoms with Crippen LogP contribution in [0.5, 0.6) is 5.75 Å². The molecule has 0 radical (unpaired) electrons. The van der Waals surface area contributed by atoms with Gasteiger partial charge in [0.25, 0.3) is 6.47 Å². The van der Waals surface area contributed by atoms with Gasteiger partial charge in [-0.2, -0.15) is 0 Å². The van der Waals surface area contributed by atoms with Crippen LogP contribution in [0.3, 0.4) is 0 Å². The molecule has 0 spiro atoms. The third kappa shape index (κ3) is 2.76. The van der Waals surface area contributed by atoms with Crippen molar-refractivity contribution >= 4 is 23.1 Å². The van der Waals surface area contributed by atoms with E-state index in [0.29, 0.717) is 24.5 Å². The number of ether oxygens (including phenoxy) is 1. The van der Waals surface area contributed by atoms with Crippen LogP contribution < -0.4 is 10.1 Å². The lowest BCUT2D eigenvalue weighted by molar-refractivity contribution is -0.120. The first-order valence-corrected chi connectivity index (χ1v) is 7.07. The van der Waals surface area contributed by atoms with Gasteiger partial charge in [0.1, 0.15) is 0 Å². The Balaban J connectivity index is 2.04. The van der Waals surface area contributed by atoms with Crippen LogP contribution in [0.15, 0.2) is 54.6 Å². The molecule has 0 atom stereocenters. The van der Waals surface area contributed by atoms with E-state index < -0.39 is 0 Å². The molecule has 0 unspecified atom stereocenters. The number of nitrogens with zero attached hydrogens (tertiary/aromatic N) is 1. The van der Waals surface area contributed by atoms with Crippen LogP contribution in [-0.2, 0) is 11.3 Å². The Labute approximate surface area is 128 Å². The van der Waals surface area contributed by atoms with Crippen LogP contribution in [-0.4, -0.2) is 11.5 Å². The number of nitrogens with one attached hydrogen (secondary N) is 1. The maximum absolute atomic E-state index is 10.8. The minimum Gasteiger partial charge on any atom is -0.425 e. The first kappa shape index (κ1) is 14.1. The Morgan fingerprint density at radius 3 is 2.59 bits per heavy atom. The third-order valence-electron chi connectivity index (χ3n) is 3.50. The van der Waals surface area contributed by atoms with Gasteiger partial charge in [0.15, 0.2) is 5.75 Å². The van der Waals surface area contributed by atoms with Gasteiger partial charge in [-0.1, -0.05) is 48.5 Å². The van der Waals surface area contributed by atoms with Gasteiger partial charge in [-0.15, -0.1) is 0 Å². The average Bonchev–Trinajstić information content (AvgIpc) is 2.56. The fourth-order valence-electron chi connectivity index (χ4n) is 2.47. The topological polar surface area (TPSA) is 51.2 Å². The zero-order valence-electron chi connectivity index (χ0n) is 12.2. The van der Waals surface area contributed by atoms with E-state index in [0.717, 1.165) is 22.2 Å². The van der Waals surface area contributed by atoms with Gasteiger partial charge in [-0.25, -0.2) is 4.98 Å². The Morgan fingerprint density at radius 2 is 1.82 bits per heavy atom. The number of para-hydroxylation sites is 1. The fraction of sp³-hybridized carbons (Fsp3) is 0.111. The Bertz CT molecular complexity index is 801. The van der Waals surface area contributed by atoms with Gasteiger partial charge >= 0.3 is 0 Å². The maximum atomic E-state index is 10.8. The lowest BCUT2D eigenvalue weighted by Crippen LogP contribution is -2.05. The van der Waals surface area contributed by atoms with Crippen molar-refractivity contribution in [2.24, 2.45) is 0 Å². The number of pyridine rings is 1. The molecule has 0 fully saturated rings. The van der Waals surface area contributed by atoms with Crippen molar-refractivity contribution in [2.75, 3.05) is 5.32 Å². The van der Waals surface area contributed by atoms with Crippen LogP contribution in [0.4, 0.5) is 5.69 Å². The quantitative estimate of drug-likeness (QED) is 0.729. The lowest BCUT2D eigenvalue weighted by atomic mass is 10.1. The molecule has 1 N–H and O–H groups in total. The summed E-state index contributed by atoms with van der Waals surface area (Å²) in [5.41, 5.74) is 3.49. The third-order valence-corrected chi connectivity index (χ3v) is 3.50. The molecular formula is C18H16N2O2. The molecule has 0 aliphatic rings. The summed E-state index contributed by atoms with van der Waals surface area (Å²) in [7, 11) is 0. The molecule has 0 amide bonds. The first-order valence-electron chi connectivity index (χ1n) is 7.07. The van der Waals surface area contributed by atoms with Crippen molar-refractivity contribution in [2.45, 2.75) is 13.5 Å². The molecular weight excluding hydrogens is 276 g/mol. The predicted molar refractivity (Wildman–Crippen MR) is 86.9 cm³/mol. The molecule has 1 aromatic heterocycles. The number of aryl methyl sites for hydroxylation is 1. The molecule has 4 heteroatoms. The number of rotatable bonds is 5. The average molecular weight is 292 g/mol. The molecule has 3 aromatic rings. The first-order chi connectivity index (χ1) is 10.8. The highest BCUT2D eigenvalue weighted by Gasteiger charge is 2.13. The summed E-state index contributed by atoms with van der Waals surface area (Å²) < 4.78 is 5.16. The van der Waals surface area contributed by atoms with Gasteiger partial charge in [-0.3, -0.25) is 4.79 Å². The highest BCUT2D eigenvalue weighted by molar-refractivity contribution is 5.95. The number of hydrogen-bond donors (Lipinski definition) is 1. The largest absolute Gasteiger partial charge is 0.425 e. The van der Waals surface area contributed by atoms with E-state index in [1.807, 2.05) is 61.5 Å². The second kappa shape index (κ2) is 6.26. The predicted octanol–water partition coefficient (Wildman–Crippen LogP) is 3.69. The van der Waals surface area contributed by atoms with Gasteiger partial charge in [-0.05, 0) is 18.6 Å². The van der Waals surface area contributed by atoms with Gasteiger partial charge in [0.05, 0.1) is 16.9 Å². The molecule has 4 nitrogen and oxygen atoms in total. The van der Waals surface area contributed by atoms with E-state index >= 15 is 0 Å². The van der Waals surface area contributed by atoms with Crippen molar-refractivity contribution in [3.63, 3.8) is 0 Å². The van der Waals surface area contributed by atoms with Crippen molar-refractivity contribution in [3.8, 4) is 5.75 Å². The molecule has 0 saturated carbocycles. The van der Waals surface area contributed by atoms with Crippen molar-refractivity contribution in [1.29, 1.82) is 0 Å². The Kier molecular flexibility index (Phi) is 4.01. The van der Waals surface area contributed by atoms with E-state index in [2.05, 4.69) is 10.3 Å². The highest BCUT2D eigenvalue weighted by atomic mass is 16.5. The van der Waals surface area contributed by atoms with Gasteiger partial charge < -0.3 is 10.1 Å². The van der Waals surface area contributed by atoms with Crippen LogP contribution in [0.1, 0.15) is 11.3 Å². The zero-order chi connectivity index (χ0) is 15.4. The van der Waals surface area contributed by atoms with E-state index in [1.165, 1.54) is 0 Å². The van der Waals surface area contributed by atoms with Crippen molar-refractivity contribution < 1.29 is 9.53 Å². The maximum Gasteiger partial charge on any atom is 0.298 e. The summed E-state index contributed by atoms with van der Waals surface area (Å²) in [6, 6.07) is 17.9. The number of benzene rings is 2. The van der Waals surface area contributed by atoms with Crippen LogP contribution in [0, 0.1) is 6.92 Å². The highest BCUT2D eigenvalue weighted by Crippen LogP contribution is 2.34. The van der Waals surface area contributed by atoms with E-state index in [4.69, 9.17) is 4.74 Å². The van der Waals surface area contributed by atoms with Crippen LogP contribution in [0.2, 0.25) is 0 Å². The van der Waals surface area contributed by atoms with Crippen LogP contribution in [0.25, 0.3) is 10.9 Å². The monoisotopic (exact) mass is 292 g/mol. The summed E-state index contributed by atoms with van der Waals surface area (Å²) in [4.78, 5) is 15.3. The number of anilines is 1. The molecule has 0 saturated heterocycles. The molecule has 22 heavy (non-hydrogen) atoms. The summed E-state index contributed by atoms with van der Waals surface area (Å²) in [5.74, 6) is 0.477. The molecule has 110 valence electrons. The van der Waals surface area contributed by atoms with Crippen molar-refractivity contribution in [1.82, 2.24) is 4.98 Å². The van der Waals surface area contributed by atoms with Gasteiger partial charge in [0, 0.05) is 11.9 Å². The summed E-state index contributed by atoms with van der Waals surface area (Å²) >= 11 is 0. The Morgan fingerprint density at radius 1 is 1.09 bits per heavy atom. The lowest BCUT2D eigenvalue weighted by Gasteiger charge is -2.15. The molecule has 3 rings (SSSR count). The minimum atomic E-state index is 0.437. The number of hydrogen-bond acceptors (Lipinski definition) is 4. The number of carbonyl (C=O) groups excluding carboxylic acids is 1. The zero-order valence-corrected chi connectivity index (χ0v) is 12.2. The minimum absolute atomic E-state index is 0.437. The molecule has 0 aliphatic heterocycles. The standard InChI is InChI=1S/C18H16N2O2/c1-13-18(22-12-21)17(15-9-5-6-10-16(15)20-13)19-11-14-7-3-2-4-8-14/h2-10,12H,11H2,1H3,(H,19,20). The molecule has 1 heterocycles. The number of carbonyl (C=O) groups is 1. The smallest absolute Gasteiger partial charge is 0.298 e. The van der Waals surface area contributed by atoms with E-state index in [1.54, 1.807) is 0 Å². The molecule has 2 aromatic carbocycles. The SMILES string of the molecule is Cc1nc2ccccc2c(NCc2ccccc2)c1OC=O. The fourth-order valence-corrected chi connectivity index (χ4v) is 2.47. The summed E-state index contributed by atoms with van der Waals surface area (Å²) in [6.45, 7) is 2.91. The van der Waals surface area contributed by atoms with E-state index in [-0.39, 0.29) is 0 Å². The van der Waals surface area contributed by atoms with Gasteiger partial charge in [0.2, 0.25) is 0 Å². The van der Waals surface area contributed by atoms with Crippen molar-refractivity contribution in [3.05, 3.63) is 65.9 Å². The second-order valence-electron chi connectivity index (χ2n) is 4.97. The van der Waals surface area contributed by atoms with Crippen LogP contribution >= 0.6 is 0 Å².